The number of halogens is 4. The van der Waals surface area contributed by atoms with Crippen molar-refractivity contribution in [2.24, 2.45) is 0 Å². The fourth-order valence-corrected chi connectivity index (χ4v) is 0.895. The number of carbonyl (C=O) groups is 1. The molecular weight excluding hydrogens is 279 g/mol. The maximum atomic E-state index is 11.8. The van der Waals surface area contributed by atoms with Crippen LogP contribution in [0.1, 0.15) is 5.82 Å². The molecule has 0 spiro atoms. The van der Waals surface area contributed by atoms with Gasteiger partial charge in [0, 0.05) is 12.4 Å². The number of hydrogen-bond acceptors (Lipinski definition) is 3. The van der Waals surface area contributed by atoms with E-state index in [1.807, 2.05) is 0 Å². The monoisotopic (exact) mass is 283 g/mol. The Morgan fingerprint density at radius 2 is 1.93 bits per heavy atom. The summed E-state index contributed by atoms with van der Waals surface area (Å²) >= 11 is 3.06. The third-order valence-electron chi connectivity index (χ3n) is 1.34. The number of carbonyl (C=O) groups excluding carboxylic acids is 1. The van der Waals surface area contributed by atoms with Crippen LogP contribution in [0.5, 0.6) is 0 Å². The minimum absolute atomic E-state index is 0.107. The van der Waals surface area contributed by atoms with Crippen LogP contribution in [0.25, 0.3) is 0 Å². The number of aromatic nitrogens is 2. The van der Waals surface area contributed by atoms with Crippen molar-refractivity contribution >= 4 is 21.8 Å². The van der Waals surface area contributed by atoms with Crippen LogP contribution in [0.3, 0.4) is 0 Å². The van der Waals surface area contributed by atoms with Crippen molar-refractivity contribution in [3.05, 3.63) is 22.7 Å². The fraction of sp³-hybridized carbons (Fsp3) is 0.286. The van der Waals surface area contributed by atoms with Gasteiger partial charge in [0.1, 0.15) is 5.82 Å². The van der Waals surface area contributed by atoms with E-state index in [0.717, 1.165) is 0 Å². The smallest absolute Gasteiger partial charge is 0.341 e. The van der Waals surface area contributed by atoms with Crippen LogP contribution in [0.4, 0.5) is 13.2 Å². The van der Waals surface area contributed by atoms with Gasteiger partial charge >= 0.3 is 12.1 Å². The first-order chi connectivity index (χ1) is 6.89. The average Bonchev–Trinajstić information content (AvgIpc) is 2.15. The molecule has 0 aliphatic rings. The van der Waals surface area contributed by atoms with E-state index in [1.165, 1.54) is 12.4 Å². The summed E-state index contributed by atoms with van der Waals surface area (Å²) in [5.41, 5.74) is 0. The van der Waals surface area contributed by atoms with Gasteiger partial charge in [0.2, 0.25) is 0 Å². The maximum absolute atomic E-state index is 11.8. The van der Waals surface area contributed by atoms with E-state index in [1.54, 1.807) is 5.32 Å². The van der Waals surface area contributed by atoms with Gasteiger partial charge in [-0.05, 0) is 15.9 Å². The highest BCUT2D eigenvalue weighted by Gasteiger charge is 2.38. The summed E-state index contributed by atoms with van der Waals surface area (Å²) in [5, 5.41) is 1.65. The molecule has 1 rings (SSSR count). The largest absolute Gasteiger partial charge is 0.471 e. The molecule has 0 aliphatic heterocycles. The number of alkyl halides is 3. The lowest BCUT2D eigenvalue weighted by molar-refractivity contribution is -0.173. The summed E-state index contributed by atoms with van der Waals surface area (Å²) < 4.78 is 35.9. The number of hydrogen-bond donors (Lipinski definition) is 1. The Labute approximate surface area is 91.0 Å². The molecule has 0 saturated carbocycles. The summed E-state index contributed by atoms with van der Waals surface area (Å²) in [6.07, 6.45) is -2.13. The van der Waals surface area contributed by atoms with Crippen LogP contribution in [0.2, 0.25) is 0 Å². The first kappa shape index (κ1) is 11.9. The SMILES string of the molecule is O=C(NCc1ncc(Br)cn1)C(F)(F)F. The molecule has 0 fully saturated rings. The molecule has 0 radical (unpaired) electrons. The number of nitrogens with one attached hydrogen (secondary N) is 1. The topological polar surface area (TPSA) is 54.9 Å². The van der Waals surface area contributed by atoms with Crippen molar-refractivity contribution in [3.8, 4) is 0 Å². The highest BCUT2D eigenvalue weighted by Crippen LogP contribution is 2.14. The van der Waals surface area contributed by atoms with Crippen molar-refractivity contribution in [1.29, 1.82) is 0 Å². The summed E-state index contributed by atoms with van der Waals surface area (Å²) in [6.45, 7) is -0.356. The molecule has 0 bridgehead atoms. The van der Waals surface area contributed by atoms with Crippen LogP contribution in [-0.2, 0) is 11.3 Å². The molecule has 1 aromatic rings. The van der Waals surface area contributed by atoms with Crippen LogP contribution >= 0.6 is 15.9 Å². The van der Waals surface area contributed by atoms with Crippen molar-refractivity contribution in [3.63, 3.8) is 0 Å². The molecular formula is C7H5BrF3N3O. The molecule has 1 N–H and O–H groups in total. The van der Waals surface area contributed by atoms with E-state index >= 15 is 0 Å². The molecule has 0 saturated heterocycles. The second-order valence-corrected chi connectivity index (χ2v) is 3.41. The highest BCUT2D eigenvalue weighted by molar-refractivity contribution is 9.10. The zero-order valence-electron chi connectivity index (χ0n) is 7.18. The maximum Gasteiger partial charge on any atom is 0.471 e. The summed E-state index contributed by atoms with van der Waals surface area (Å²) in [5.74, 6) is -1.90. The number of nitrogens with zero attached hydrogens (tertiary/aromatic N) is 2. The molecule has 0 unspecified atom stereocenters. The normalized spacial score (nSPS) is 11.2. The second-order valence-electron chi connectivity index (χ2n) is 2.50. The molecule has 0 aliphatic carbocycles. The summed E-state index contributed by atoms with van der Waals surface area (Å²) in [6, 6.07) is 0. The van der Waals surface area contributed by atoms with Gasteiger partial charge in [0.05, 0.1) is 11.0 Å². The lowest BCUT2D eigenvalue weighted by Gasteiger charge is -2.06. The van der Waals surface area contributed by atoms with Crippen LogP contribution in [0.15, 0.2) is 16.9 Å². The van der Waals surface area contributed by atoms with E-state index in [2.05, 4.69) is 25.9 Å². The van der Waals surface area contributed by atoms with E-state index < -0.39 is 12.1 Å². The minimum Gasteiger partial charge on any atom is -0.341 e. The quantitative estimate of drug-likeness (QED) is 0.893. The summed E-state index contributed by atoms with van der Waals surface area (Å²) in [7, 11) is 0. The second kappa shape index (κ2) is 4.56. The van der Waals surface area contributed by atoms with Crippen molar-refractivity contribution in [2.45, 2.75) is 12.7 Å². The average molecular weight is 284 g/mol. The van der Waals surface area contributed by atoms with Gasteiger partial charge in [-0.25, -0.2) is 9.97 Å². The first-order valence-electron chi connectivity index (χ1n) is 3.71. The number of rotatable bonds is 2. The number of amides is 1. The van der Waals surface area contributed by atoms with Gasteiger partial charge in [-0.1, -0.05) is 0 Å². The predicted molar refractivity (Wildman–Crippen MR) is 47.6 cm³/mol. The molecule has 0 aromatic carbocycles. The molecule has 15 heavy (non-hydrogen) atoms. The van der Waals surface area contributed by atoms with Crippen molar-refractivity contribution in [2.75, 3.05) is 0 Å². The molecule has 82 valence electrons. The zero-order valence-corrected chi connectivity index (χ0v) is 8.76. The lowest BCUT2D eigenvalue weighted by atomic mass is 10.5. The molecule has 1 aromatic heterocycles. The van der Waals surface area contributed by atoms with Gasteiger partial charge in [0.15, 0.2) is 0 Å². The lowest BCUT2D eigenvalue weighted by Crippen LogP contribution is -2.36. The predicted octanol–water partition coefficient (Wildman–Crippen LogP) is 1.42. The van der Waals surface area contributed by atoms with Crippen LogP contribution in [-0.4, -0.2) is 22.1 Å². The minimum atomic E-state index is -4.88. The van der Waals surface area contributed by atoms with Gasteiger partial charge in [-0.15, -0.1) is 0 Å². The van der Waals surface area contributed by atoms with E-state index in [0.29, 0.717) is 4.47 Å². The molecule has 0 atom stereocenters. The Bertz CT molecular complexity index is 351. The first-order valence-corrected chi connectivity index (χ1v) is 4.50. The standard InChI is InChI=1S/C7H5BrF3N3O/c8-4-1-12-5(13-2-4)3-14-6(15)7(9,10)11/h1-2H,3H2,(H,14,15). The Morgan fingerprint density at radius 1 is 1.40 bits per heavy atom. The van der Waals surface area contributed by atoms with E-state index in [4.69, 9.17) is 0 Å². The molecule has 8 heteroatoms. The van der Waals surface area contributed by atoms with E-state index in [9.17, 15) is 18.0 Å². The Morgan fingerprint density at radius 3 is 2.40 bits per heavy atom. The highest BCUT2D eigenvalue weighted by atomic mass is 79.9. The third-order valence-corrected chi connectivity index (χ3v) is 1.75. The Balaban J connectivity index is 2.51. The van der Waals surface area contributed by atoms with Gasteiger partial charge in [0.25, 0.3) is 0 Å². The van der Waals surface area contributed by atoms with Crippen LogP contribution < -0.4 is 5.32 Å². The van der Waals surface area contributed by atoms with Gasteiger partial charge in [-0.2, -0.15) is 13.2 Å². The fourth-order valence-electron chi connectivity index (χ4n) is 0.690. The zero-order chi connectivity index (χ0) is 11.5. The van der Waals surface area contributed by atoms with E-state index in [-0.39, 0.29) is 12.4 Å². The van der Waals surface area contributed by atoms with Crippen molar-refractivity contribution in [1.82, 2.24) is 15.3 Å². The third kappa shape index (κ3) is 3.82. The Kier molecular flexibility index (Phi) is 3.61. The Hall–Kier alpha value is -1.18. The van der Waals surface area contributed by atoms with Gasteiger partial charge in [-0.3, -0.25) is 4.79 Å². The molecule has 1 heterocycles. The van der Waals surface area contributed by atoms with Crippen molar-refractivity contribution < 1.29 is 18.0 Å². The van der Waals surface area contributed by atoms with Gasteiger partial charge < -0.3 is 5.32 Å². The molecule has 1 amide bonds. The summed E-state index contributed by atoms with van der Waals surface area (Å²) in [4.78, 5) is 17.8. The van der Waals surface area contributed by atoms with Crippen LogP contribution in [0, 0.1) is 0 Å². The molecule has 4 nitrogen and oxygen atoms in total.